The van der Waals surface area contributed by atoms with Crippen molar-refractivity contribution in [2.24, 2.45) is 5.73 Å². The average Bonchev–Trinajstić information content (AvgIpc) is 2.70. The Hall–Kier alpha value is -0.650. The molecule has 0 bridgehead atoms. The van der Waals surface area contributed by atoms with Crippen molar-refractivity contribution in [1.82, 2.24) is 15.0 Å². The smallest absolute Gasteiger partial charge is 0.240 e. The van der Waals surface area contributed by atoms with Crippen LogP contribution in [-0.2, 0) is 6.54 Å². The van der Waals surface area contributed by atoms with Crippen LogP contribution < -0.4 is 5.73 Å². The van der Waals surface area contributed by atoms with Gasteiger partial charge in [0.1, 0.15) is 0 Å². The lowest BCUT2D eigenvalue weighted by Gasteiger charge is -2.28. The zero-order valence-electron chi connectivity index (χ0n) is 10.4. The normalized spacial score (nSPS) is 18.4. The molecule has 0 atom stereocenters. The fraction of sp³-hybridized carbons (Fsp3) is 0.818. The Labute approximate surface area is 108 Å². The van der Waals surface area contributed by atoms with Crippen LogP contribution in [0.4, 0.5) is 0 Å². The molecule has 17 heavy (non-hydrogen) atoms. The van der Waals surface area contributed by atoms with Gasteiger partial charge in [-0.3, -0.25) is 4.90 Å². The summed E-state index contributed by atoms with van der Waals surface area (Å²) in [6.45, 7) is 6.94. The van der Waals surface area contributed by atoms with Gasteiger partial charge >= 0.3 is 0 Å². The van der Waals surface area contributed by atoms with Gasteiger partial charge in [-0.25, -0.2) is 0 Å². The summed E-state index contributed by atoms with van der Waals surface area (Å²) in [5.41, 5.74) is 5.86. The fourth-order valence-electron chi connectivity index (χ4n) is 1.87. The van der Waals surface area contributed by atoms with Gasteiger partial charge in [-0.1, -0.05) is 19.0 Å². The van der Waals surface area contributed by atoms with E-state index in [1.807, 2.05) is 0 Å². The summed E-state index contributed by atoms with van der Waals surface area (Å²) >= 11 is 0. The molecule has 0 radical (unpaired) electrons. The molecule has 1 saturated heterocycles. The first kappa shape index (κ1) is 14.4. The van der Waals surface area contributed by atoms with Crippen LogP contribution >= 0.6 is 12.4 Å². The molecular weight excluding hydrogens is 240 g/mol. The Morgan fingerprint density at radius 2 is 2.06 bits per heavy atom. The number of piperidine rings is 1. The van der Waals surface area contributed by atoms with Crippen LogP contribution in [0, 0.1) is 0 Å². The van der Waals surface area contributed by atoms with Crippen molar-refractivity contribution in [3.8, 4) is 0 Å². The van der Waals surface area contributed by atoms with E-state index in [9.17, 15) is 0 Å². The second-order valence-electron chi connectivity index (χ2n) is 4.81. The number of halogens is 1. The number of nitrogens with zero attached hydrogens (tertiary/aromatic N) is 3. The van der Waals surface area contributed by atoms with Crippen LogP contribution in [0.15, 0.2) is 4.52 Å². The average molecular weight is 261 g/mol. The van der Waals surface area contributed by atoms with Gasteiger partial charge in [0.25, 0.3) is 0 Å². The van der Waals surface area contributed by atoms with E-state index < -0.39 is 0 Å². The minimum atomic E-state index is 0. The third-order valence-electron chi connectivity index (χ3n) is 2.99. The summed E-state index contributed by atoms with van der Waals surface area (Å²) in [5, 5.41) is 3.96. The largest absolute Gasteiger partial charge is 0.338 e. The molecule has 5 nitrogen and oxygen atoms in total. The van der Waals surface area contributed by atoms with Gasteiger partial charge in [-0.2, -0.15) is 4.98 Å². The van der Waals surface area contributed by atoms with Crippen LogP contribution in [0.25, 0.3) is 0 Å². The zero-order chi connectivity index (χ0) is 11.5. The summed E-state index contributed by atoms with van der Waals surface area (Å²) < 4.78 is 5.22. The summed E-state index contributed by atoms with van der Waals surface area (Å²) in [6.07, 6.45) is 2.12. The molecule has 0 unspecified atom stereocenters. The highest BCUT2D eigenvalue weighted by Crippen LogP contribution is 2.14. The Morgan fingerprint density at radius 3 is 2.59 bits per heavy atom. The molecule has 0 amide bonds. The summed E-state index contributed by atoms with van der Waals surface area (Å²) in [4.78, 5) is 6.69. The third kappa shape index (κ3) is 3.94. The second kappa shape index (κ2) is 6.33. The van der Waals surface area contributed by atoms with Crippen molar-refractivity contribution in [3.63, 3.8) is 0 Å². The fourth-order valence-corrected chi connectivity index (χ4v) is 1.87. The van der Waals surface area contributed by atoms with E-state index >= 15 is 0 Å². The molecule has 6 heteroatoms. The molecule has 1 aromatic heterocycles. The molecule has 0 aliphatic carbocycles. The molecule has 2 heterocycles. The Balaban J connectivity index is 0.00000144. The van der Waals surface area contributed by atoms with Crippen molar-refractivity contribution in [2.45, 2.75) is 45.2 Å². The molecule has 2 rings (SSSR count). The Bertz CT molecular complexity index is 334. The van der Waals surface area contributed by atoms with Gasteiger partial charge in [0.2, 0.25) is 5.89 Å². The van der Waals surface area contributed by atoms with Gasteiger partial charge < -0.3 is 10.3 Å². The van der Waals surface area contributed by atoms with Crippen molar-refractivity contribution >= 4 is 12.4 Å². The number of hydrogen-bond donors (Lipinski definition) is 1. The lowest BCUT2D eigenvalue weighted by molar-refractivity contribution is 0.181. The number of hydrogen-bond acceptors (Lipinski definition) is 5. The second-order valence-corrected chi connectivity index (χ2v) is 4.81. The van der Waals surface area contributed by atoms with E-state index in [4.69, 9.17) is 10.3 Å². The molecule has 1 aliphatic heterocycles. The maximum atomic E-state index is 5.86. The standard InChI is InChI=1S/C11H20N4O.ClH/c1-8(2)11-13-10(16-14-11)7-15-5-3-9(12)4-6-15;/h8-9H,3-7,12H2,1-2H3;1H. The summed E-state index contributed by atoms with van der Waals surface area (Å²) in [6, 6.07) is 0.366. The molecule has 1 aromatic rings. The monoisotopic (exact) mass is 260 g/mol. The zero-order valence-corrected chi connectivity index (χ0v) is 11.2. The number of rotatable bonds is 3. The van der Waals surface area contributed by atoms with E-state index in [0.717, 1.165) is 44.2 Å². The van der Waals surface area contributed by atoms with E-state index in [-0.39, 0.29) is 12.4 Å². The number of aromatic nitrogens is 2. The van der Waals surface area contributed by atoms with E-state index in [0.29, 0.717) is 12.0 Å². The molecule has 0 spiro atoms. The number of likely N-dealkylation sites (tertiary alicyclic amines) is 1. The van der Waals surface area contributed by atoms with Gasteiger partial charge in [-0.15, -0.1) is 12.4 Å². The van der Waals surface area contributed by atoms with Crippen LogP contribution in [0.5, 0.6) is 0 Å². The summed E-state index contributed by atoms with van der Waals surface area (Å²) in [5.74, 6) is 1.84. The molecule has 1 fully saturated rings. The highest BCUT2D eigenvalue weighted by molar-refractivity contribution is 5.85. The van der Waals surface area contributed by atoms with Crippen molar-refractivity contribution in [1.29, 1.82) is 0 Å². The maximum Gasteiger partial charge on any atom is 0.240 e. The first-order valence-corrected chi connectivity index (χ1v) is 5.95. The predicted octanol–water partition coefficient (Wildman–Crippen LogP) is 1.54. The SMILES string of the molecule is CC(C)c1noc(CN2CCC(N)CC2)n1.Cl. The van der Waals surface area contributed by atoms with Crippen LogP contribution in [-0.4, -0.2) is 34.2 Å². The Morgan fingerprint density at radius 1 is 1.41 bits per heavy atom. The summed E-state index contributed by atoms with van der Waals surface area (Å²) in [7, 11) is 0. The molecular formula is C11H21ClN4O. The maximum absolute atomic E-state index is 5.86. The van der Waals surface area contributed by atoms with E-state index in [2.05, 4.69) is 28.9 Å². The quantitative estimate of drug-likeness (QED) is 0.893. The molecule has 98 valence electrons. The minimum Gasteiger partial charge on any atom is -0.338 e. The van der Waals surface area contributed by atoms with Crippen LogP contribution in [0.2, 0.25) is 0 Å². The van der Waals surface area contributed by atoms with Crippen molar-refractivity contribution in [3.05, 3.63) is 11.7 Å². The van der Waals surface area contributed by atoms with Crippen LogP contribution in [0.1, 0.15) is 44.3 Å². The molecule has 2 N–H and O–H groups in total. The highest BCUT2D eigenvalue weighted by Gasteiger charge is 2.18. The minimum absolute atomic E-state index is 0. The molecule has 1 aliphatic rings. The van der Waals surface area contributed by atoms with E-state index in [1.54, 1.807) is 0 Å². The lowest BCUT2D eigenvalue weighted by atomic mass is 10.1. The predicted molar refractivity (Wildman–Crippen MR) is 68.1 cm³/mol. The molecule has 0 saturated carbocycles. The highest BCUT2D eigenvalue weighted by atomic mass is 35.5. The van der Waals surface area contributed by atoms with Crippen molar-refractivity contribution < 1.29 is 4.52 Å². The van der Waals surface area contributed by atoms with Gasteiger partial charge in [0, 0.05) is 25.0 Å². The first-order valence-electron chi connectivity index (χ1n) is 5.95. The third-order valence-corrected chi connectivity index (χ3v) is 2.99. The van der Waals surface area contributed by atoms with Crippen molar-refractivity contribution in [2.75, 3.05) is 13.1 Å². The topological polar surface area (TPSA) is 68.2 Å². The van der Waals surface area contributed by atoms with Gasteiger partial charge in [0.05, 0.1) is 6.54 Å². The van der Waals surface area contributed by atoms with E-state index in [1.165, 1.54) is 0 Å². The van der Waals surface area contributed by atoms with Crippen LogP contribution in [0.3, 0.4) is 0 Å². The number of nitrogens with two attached hydrogens (primary N) is 1. The molecule has 0 aromatic carbocycles. The Kier molecular flexibility index (Phi) is 5.36. The van der Waals surface area contributed by atoms with Gasteiger partial charge in [-0.05, 0) is 12.8 Å². The van der Waals surface area contributed by atoms with Gasteiger partial charge in [0.15, 0.2) is 5.82 Å². The first-order chi connectivity index (χ1) is 7.65. The lowest BCUT2D eigenvalue weighted by Crippen LogP contribution is -2.39.